The molecule has 0 aromatic heterocycles. The smallest absolute Gasteiger partial charge is 1.00 e. The molecule has 0 aliphatic heterocycles. The number of nitrogens with zero attached hydrogens (tertiary/aromatic N) is 4. The Kier molecular flexibility index (Phi) is 166. The second kappa shape index (κ2) is 83.4. The van der Waals surface area contributed by atoms with Gasteiger partial charge in [-0.3, -0.25) is 0 Å². The summed E-state index contributed by atoms with van der Waals surface area (Å²) in [7, 11) is 0. The first-order valence-electron chi connectivity index (χ1n) is 10.1. The second-order valence-corrected chi connectivity index (χ2v) is 6.03. The molecular formula is C14H48Cl2N12O12Pt2. The fraction of sp³-hybridized carbons (Fsp3) is 1.00. The first-order valence-corrected chi connectivity index (χ1v) is 10.1. The van der Waals surface area contributed by atoms with Crippen LogP contribution < -0.4 is 71.5 Å². The number of unbranched alkanes of at least 4 members (excludes halogenated alkanes) is 6. The molecule has 0 amide bonds. The molecule has 0 aliphatic rings. The molecule has 0 aliphatic carbocycles. The van der Waals surface area contributed by atoms with E-state index in [1.165, 1.54) is 77.5 Å². The summed E-state index contributed by atoms with van der Waals surface area (Å²) in [4.78, 5) is 33.0. The van der Waals surface area contributed by atoms with Crippen LogP contribution in [0.1, 0.15) is 51.4 Å². The zero-order valence-corrected chi connectivity index (χ0v) is 29.2. The van der Waals surface area contributed by atoms with E-state index in [2.05, 4.69) is 10.6 Å². The van der Waals surface area contributed by atoms with Gasteiger partial charge in [0, 0.05) is 0 Å². The van der Waals surface area contributed by atoms with Crippen molar-refractivity contribution in [1.82, 2.24) is 24.6 Å². The van der Waals surface area contributed by atoms with Crippen LogP contribution in [-0.2, 0) is 42.1 Å². The third-order valence-corrected chi connectivity index (χ3v) is 3.30. The summed E-state index contributed by atoms with van der Waals surface area (Å²) in [6.07, 6.45) is 10.4. The Morgan fingerprint density at radius 2 is 0.571 bits per heavy atom. The number of nitrogens with two attached hydrogens (primary N) is 4. The van der Waals surface area contributed by atoms with Gasteiger partial charge in [0.25, 0.3) is 0 Å². The molecule has 0 rings (SSSR count). The first kappa shape index (κ1) is 83.5. The molecule has 20 N–H and O–H groups in total. The average Bonchev–Trinajstić information content (AvgIpc) is 2.66. The summed E-state index contributed by atoms with van der Waals surface area (Å²) in [5, 5.41) is 63.9. The minimum absolute atomic E-state index is 0. The van der Waals surface area contributed by atoms with Crippen molar-refractivity contribution < 1.29 is 97.9 Å². The van der Waals surface area contributed by atoms with Crippen LogP contribution in [-0.4, -0.2) is 59.6 Å². The molecule has 28 heteroatoms. The molecule has 0 radical (unpaired) electrons. The van der Waals surface area contributed by atoms with E-state index in [0.717, 1.165) is 13.1 Å². The maximum atomic E-state index is 8.25. The van der Waals surface area contributed by atoms with Gasteiger partial charge < -0.3 is 133 Å². The molecule has 270 valence electrons. The molecule has 0 unspecified atom stereocenters. The first-order chi connectivity index (χ1) is 15.8. The van der Waals surface area contributed by atoms with E-state index in [0.29, 0.717) is 0 Å². The van der Waals surface area contributed by atoms with Gasteiger partial charge in [0.05, 0.1) is 33.4 Å². The van der Waals surface area contributed by atoms with Gasteiger partial charge in [-0.2, -0.15) is 0 Å². The number of rotatable bonds is 15. The van der Waals surface area contributed by atoms with Gasteiger partial charge in [0.1, 0.15) is 13.1 Å². The molecule has 24 nitrogen and oxygen atoms in total. The fourth-order valence-corrected chi connectivity index (χ4v) is 2.10. The molecule has 0 bridgehead atoms. The van der Waals surface area contributed by atoms with Gasteiger partial charge in [0.15, 0.2) is 0 Å². The van der Waals surface area contributed by atoms with Crippen molar-refractivity contribution in [3.63, 3.8) is 0 Å². The fourth-order valence-electron chi connectivity index (χ4n) is 2.10. The Hall–Kier alpha value is -1.56. The Morgan fingerprint density at radius 3 is 0.738 bits per heavy atom. The van der Waals surface area contributed by atoms with Crippen molar-refractivity contribution in [2.45, 2.75) is 51.4 Å². The van der Waals surface area contributed by atoms with Crippen LogP contribution in [0, 0.1) is 61.3 Å². The summed E-state index contributed by atoms with van der Waals surface area (Å²) >= 11 is 0. The van der Waals surface area contributed by atoms with E-state index in [4.69, 9.17) is 72.8 Å². The van der Waals surface area contributed by atoms with Crippen molar-refractivity contribution in [2.75, 3.05) is 39.3 Å². The minimum Gasteiger partial charge on any atom is -1.00 e. The SMILES string of the molecule is N.N.N.N.NCCCCCC[NH2+]CC[NH2+]CCCCCCN.O=[N+]([O-])[O-].O=[N+]([O-])[O-].O=[N+]([O-])[O-].O=[N+]([O-])[O-].[Cl-].[Cl-].[Pt+2].[Pt+2]. The van der Waals surface area contributed by atoms with Crippen LogP contribution >= 0.6 is 0 Å². The molecule has 0 aromatic rings. The van der Waals surface area contributed by atoms with Gasteiger partial charge in [0.2, 0.25) is 0 Å². The van der Waals surface area contributed by atoms with Crippen LogP contribution in [0.15, 0.2) is 0 Å². The third-order valence-electron chi connectivity index (χ3n) is 3.30. The number of halogens is 2. The normalized spacial score (nSPS) is 7.00. The predicted octanol–water partition coefficient (Wildman–Crippen LogP) is -7.15. The van der Waals surface area contributed by atoms with Gasteiger partial charge in [-0.15, -0.1) is 0 Å². The summed E-state index contributed by atoms with van der Waals surface area (Å²) in [5.41, 5.74) is 10.9. The van der Waals surface area contributed by atoms with E-state index >= 15 is 0 Å². The molecule has 42 heavy (non-hydrogen) atoms. The Bertz CT molecular complexity index is 413. The average molecular weight is 1040 g/mol. The van der Waals surface area contributed by atoms with Crippen LogP contribution in [0.4, 0.5) is 0 Å². The zero-order valence-electron chi connectivity index (χ0n) is 23.1. The minimum atomic E-state index is -1.75. The largest absolute Gasteiger partial charge is 2.00 e. The van der Waals surface area contributed by atoms with E-state index in [9.17, 15) is 0 Å². The van der Waals surface area contributed by atoms with Crippen molar-refractivity contribution >= 4 is 0 Å². The standard InChI is InChI=1S/C14H34N4.2ClH.4NO3.4H3N.2Pt/c15-9-5-1-3-7-11-17-13-14-18-12-8-4-2-6-10-16;;;4*2-1(3)4;;;;;;/h17-18H,1-16H2;2*1H;;;;;4*1H3;;/q;;;4*-1;;;;;2*+2. The molecule has 0 atom stereocenters. The van der Waals surface area contributed by atoms with Crippen molar-refractivity contribution in [2.24, 2.45) is 11.5 Å². The van der Waals surface area contributed by atoms with Crippen molar-refractivity contribution in [3.8, 4) is 0 Å². The number of hydrogen-bond acceptors (Lipinski definition) is 18. The molecular weight excluding hydrogens is 989 g/mol. The van der Waals surface area contributed by atoms with Gasteiger partial charge in [-0.1, -0.05) is 12.8 Å². The maximum absolute atomic E-state index is 8.25. The molecule has 0 fully saturated rings. The van der Waals surface area contributed by atoms with Gasteiger partial charge in [-0.25, -0.2) is 0 Å². The zero-order chi connectivity index (χ0) is 27.6. The Morgan fingerprint density at radius 1 is 0.405 bits per heavy atom. The van der Waals surface area contributed by atoms with E-state index in [1.54, 1.807) is 0 Å². The van der Waals surface area contributed by atoms with Crippen LogP contribution in [0.5, 0.6) is 0 Å². The maximum Gasteiger partial charge on any atom is 2.00 e. The topological polar surface area (TPSA) is 490 Å². The van der Waals surface area contributed by atoms with Crippen molar-refractivity contribution in [3.05, 3.63) is 61.3 Å². The third kappa shape index (κ3) is 298. The van der Waals surface area contributed by atoms with Crippen LogP contribution in [0.3, 0.4) is 0 Å². The van der Waals surface area contributed by atoms with Crippen molar-refractivity contribution in [1.29, 1.82) is 0 Å². The van der Waals surface area contributed by atoms with Crippen LogP contribution in [0.25, 0.3) is 0 Å². The molecule has 0 saturated carbocycles. The predicted molar refractivity (Wildman–Crippen MR) is 140 cm³/mol. The van der Waals surface area contributed by atoms with E-state index in [-0.39, 0.29) is 91.5 Å². The van der Waals surface area contributed by atoms with Gasteiger partial charge in [-0.05, 0) is 51.6 Å². The Balaban J connectivity index is -0.0000000270. The molecule has 0 spiro atoms. The van der Waals surface area contributed by atoms with E-state index < -0.39 is 20.3 Å². The summed E-state index contributed by atoms with van der Waals surface area (Å²) in [5.74, 6) is 0. The molecule has 0 aromatic carbocycles. The summed E-state index contributed by atoms with van der Waals surface area (Å²) in [6, 6.07) is 0. The van der Waals surface area contributed by atoms with E-state index in [1.807, 2.05) is 0 Å². The summed E-state index contributed by atoms with van der Waals surface area (Å²) < 4.78 is 0. The summed E-state index contributed by atoms with van der Waals surface area (Å²) in [6.45, 7) is 6.80. The molecule has 0 saturated heterocycles. The molecule has 0 heterocycles. The van der Waals surface area contributed by atoms with Gasteiger partial charge >= 0.3 is 42.1 Å². The monoisotopic (exact) mass is 1040 g/mol. The van der Waals surface area contributed by atoms with Crippen LogP contribution in [0.2, 0.25) is 0 Å². The Labute approximate surface area is 285 Å². The number of hydrogen-bond donors (Lipinski definition) is 8. The number of quaternary nitrogens is 2. The quantitative estimate of drug-likeness (QED) is 0.0429. The second-order valence-electron chi connectivity index (χ2n) is 6.03.